The van der Waals surface area contributed by atoms with Crippen molar-refractivity contribution in [2.45, 2.75) is 56.6 Å². The van der Waals surface area contributed by atoms with Gasteiger partial charge in [0.15, 0.2) is 0 Å². The van der Waals surface area contributed by atoms with Crippen molar-refractivity contribution in [3.8, 4) is 0 Å². The summed E-state index contributed by atoms with van der Waals surface area (Å²) >= 11 is 0. The lowest BCUT2D eigenvalue weighted by Crippen LogP contribution is -2.48. The summed E-state index contributed by atoms with van der Waals surface area (Å²) in [6.45, 7) is 2.03. The molecule has 1 saturated carbocycles. The van der Waals surface area contributed by atoms with Crippen molar-refractivity contribution < 1.29 is 10.0 Å². The molecule has 1 N–H and O–H groups in total. The number of nitro benzene ring substituents is 1. The van der Waals surface area contributed by atoms with Crippen molar-refractivity contribution >= 4 is 5.69 Å². The molecule has 5 nitrogen and oxygen atoms in total. The van der Waals surface area contributed by atoms with Crippen LogP contribution in [0.15, 0.2) is 24.3 Å². The van der Waals surface area contributed by atoms with E-state index in [1.165, 1.54) is 12.0 Å². The molecule has 2 aliphatic rings. The molecule has 2 atom stereocenters. The molecule has 5 heteroatoms. The van der Waals surface area contributed by atoms with Crippen LogP contribution in [0.3, 0.4) is 0 Å². The number of hydrogen-bond donors (Lipinski definition) is 1. The van der Waals surface area contributed by atoms with Crippen molar-refractivity contribution in [3.05, 3.63) is 39.9 Å². The largest absolute Gasteiger partial charge is 0.391 e. The Kier molecular flexibility index (Phi) is 4.74. The van der Waals surface area contributed by atoms with Crippen molar-refractivity contribution in [1.82, 2.24) is 4.90 Å². The number of non-ortho nitro benzene ring substituents is 1. The van der Waals surface area contributed by atoms with E-state index in [1.807, 2.05) is 12.1 Å². The van der Waals surface area contributed by atoms with Gasteiger partial charge in [-0.1, -0.05) is 25.0 Å². The summed E-state index contributed by atoms with van der Waals surface area (Å²) in [6, 6.07) is 7.34. The van der Waals surface area contributed by atoms with E-state index >= 15 is 0 Å². The average molecular weight is 304 g/mol. The Labute approximate surface area is 131 Å². The van der Waals surface area contributed by atoms with E-state index in [0.29, 0.717) is 12.0 Å². The first kappa shape index (κ1) is 15.4. The number of aliphatic hydroxyl groups is 1. The van der Waals surface area contributed by atoms with E-state index in [-0.39, 0.29) is 16.7 Å². The number of likely N-dealkylation sites (tertiary alicyclic amines) is 1. The van der Waals surface area contributed by atoms with E-state index < -0.39 is 0 Å². The number of rotatable bonds is 3. The number of nitrogens with zero attached hydrogens (tertiary/aromatic N) is 2. The molecule has 0 radical (unpaired) electrons. The van der Waals surface area contributed by atoms with Gasteiger partial charge in [0.1, 0.15) is 0 Å². The fourth-order valence-corrected chi connectivity index (χ4v) is 3.95. The van der Waals surface area contributed by atoms with Crippen LogP contribution in [0, 0.1) is 10.1 Å². The number of nitro groups is 1. The lowest BCUT2D eigenvalue weighted by atomic mass is 9.86. The maximum absolute atomic E-state index is 10.7. The van der Waals surface area contributed by atoms with E-state index in [9.17, 15) is 15.2 Å². The van der Waals surface area contributed by atoms with Gasteiger partial charge in [-0.3, -0.25) is 15.0 Å². The molecule has 1 heterocycles. The lowest BCUT2D eigenvalue weighted by Gasteiger charge is -2.41. The third-order valence-electron chi connectivity index (χ3n) is 5.27. The first-order chi connectivity index (χ1) is 10.6. The molecule has 1 aliphatic carbocycles. The van der Waals surface area contributed by atoms with Crippen LogP contribution in [-0.4, -0.2) is 40.2 Å². The Bertz CT molecular complexity index is 509. The quantitative estimate of drug-likeness (QED) is 0.688. The van der Waals surface area contributed by atoms with Crippen LogP contribution in [0.1, 0.15) is 50.0 Å². The third-order valence-corrected chi connectivity index (χ3v) is 5.27. The minimum absolute atomic E-state index is 0.159. The van der Waals surface area contributed by atoms with Gasteiger partial charge in [-0.2, -0.15) is 0 Å². The summed E-state index contributed by atoms with van der Waals surface area (Å²) in [5.74, 6) is 0.484. The zero-order valence-corrected chi connectivity index (χ0v) is 12.9. The summed E-state index contributed by atoms with van der Waals surface area (Å²) < 4.78 is 0. The summed E-state index contributed by atoms with van der Waals surface area (Å²) in [6.07, 6.45) is 6.41. The van der Waals surface area contributed by atoms with E-state index in [4.69, 9.17) is 0 Å². The van der Waals surface area contributed by atoms with E-state index in [1.54, 1.807) is 12.1 Å². The first-order valence-electron chi connectivity index (χ1n) is 8.31. The summed E-state index contributed by atoms with van der Waals surface area (Å²) in [4.78, 5) is 12.8. The molecule has 0 bridgehead atoms. The predicted octanol–water partition coefficient (Wildman–Crippen LogP) is 3.08. The molecular formula is C17H24N2O3. The van der Waals surface area contributed by atoms with Crippen molar-refractivity contribution in [2.75, 3.05) is 13.1 Å². The van der Waals surface area contributed by atoms with Crippen LogP contribution in [0.5, 0.6) is 0 Å². The molecule has 0 amide bonds. The molecule has 0 aromatic heterocycles. The Balaban J connectivity index is 1.58. The maximum atomic E-state index is 10.7. The van der Waals surface area contributed by atoms with Crippen LogP contribution in [0.4, 0.5) is 5.69 Å². The lowest BCUT2D eigenvalue weighted by molar-refractivity contribution is -0.384. The number of benzene rings is 1. The maximum Gasteiger partial charge on any atom is 0.269 e. The highest BCUT2D eigenvalue weighted by molar-refractivity contribution is 5.34. The van der Waals surface area contributed by atoms with Crippen LogP contribution in [0.2, 0.25) is 0 Å². The smallest absolute Gasteiger partial charge is 0.269 e. The van der Waals surface area contributed by atoms with E-state index in [0.717, 1.165) is 45.2 Å². The predicted molar refractivity (Wildman–Crippen MR) is 84.9 cm³/mol. The molecule has 1 aromatic rings. The van der Waals surface area contributed by atoms with Gasteiger partial charge in [0.2, 0.25) is 0 Å². The number of piperidine rings is 1. The molecule has 3 rings (SSSR count). The topological polar surface area (TPSA) is 66.6 Å². The average Bonchev–Trinajstić information content (AvgIpc) is 2.56. The van der Waals surface area contributed by atoms with Gasteiger partial charge in [0, 0.05) is 18.2 Å². The number of aliphatic hydroxyl groups excluding tert-OH is 1. The first-order valence-corrected chi connectivity index (χ1v) is 8.31. The highest BCUT2D eigenvalue weighted by Crippen LogP contribution is 2.32. The minimum atomic E-state index is -0.350. The molecular weight excluding hydrogens is 280 g/mol. The van der Waals surface area contributed by atoms with Crippen molar-refractivity contribution in [1.29, 1.82) is 0 Å². The minimum Gasteiger partial charge on any atom is -0.391 e. The number of hydrogen-bond acceptors (Lipinski definition) is 4. The van der Waals surface area contributed by atoms with Gasteiger partial charge in [0.05, 0.1) is 11.0 Å². The molecule has 0 spiro atoms. The fraction of sp³-hybridized carbons (Fsp3) is 0.647. The molecule has 1 aliphatic heterocycles. The Morgan fingerprint density at radius 1 is 1.05 bits per heavy atom. The zero-order chi connectivity index (χ0) is 15.5. The van der Waals surface area contributed by atoms with Gasteiger partial charge >= 0.3 is 0 Å². The Morgan fingerprint density at radius 2 is 1.68 bits per heavy atom. The van der Waals surface area contributed by atoms with Gasteiger partial charge in [-0.25, -0.2) is 0 Å². The van der Waals surface area contributed by atoms with Crippen LogP contribution in [-0.2, 0) is 0 Å². The SMILES string of the molecule is O=[N+]([O-])c1ccc(C2CCN([C@H]3CCCC[C@@H]3O)CC2)cc1. The zero-order valence-electron chi connectivity index (χ0n) is 12.9. The van der Waals surface area contributed by atoms with Crippen molar-refractivity contribution in [3.63, 3.8) is 0 Å². The third kappa shape index (κ3) is 3.31. The summed E-state index contributed by atoms with van der Waals surface area (Å²) in [5, 5.41) is 20.9. The normalized spacial score (nSPS) is 27.7. The monoisotopic (exact) mass is 304 g/mol. The van der Waals surface area contributed by atoms with Crippen LogP contribution in [0.25, 0.3) is 0 Å². The fourth-order valence-electron chi connectivity index (χ4n) is 3.95. The molecule has 1 aromatic carbocycles. The van der Waals surface area contributed by atoms with Gasteiger partial charge in [-0.15, -0.1) is 0 Å². The van der Waals surface area contributed by atoms with Gasteiger partial charge < -0.3 is 5.11 Å². The molecule has 22 heavy (non-hydrogen) atoms. The Morgan fingerprint density at radius 3 is 2.27 bits per heavy atom. The highest BCUT2D eigenvalue weighted by Gasteiger charge is 2.31. The van der Waals surface area contributed by atoms with Crippen LogP contribution >= 0.6 is 0 Å². The molecule has 1 saturated heterocycles. The van der Waals surface area contributed by atoms with Crippen LogP contribution < -0.4 is 0 Å². The standard InChI is InChI=1S/C17H24N2O3/c20-17-4-2-1-3-16(17)18-11-9-14(10-12-18)13-5-7-15(8-6-13)19(21)22/h5-8,14,16-17,20H,1-4,9-12H2/t16-,17-/m0/s1. The van der Waals surface area contributed by atoms with E-state index in [2.05, 4.69) is 4.90 Å². The second-order valence-corrected chi connectivity index (χ2v) is 6.58. The highest BCUT2D eigenvalue weighted by atomic mass is 16.6. The molecule has 120 valence electrons. The molecule has 0 unspecified atom stereocenters. The summed E-state index contributed by atoms with van der Waals surface area (Å²) in [7, 11) is 0. The molecule has 2 fully saturated rings. The van der Waals surface area contributed by atoms with Crippen molar-refractivity contribution in [2.24, 2.45) is 0 Å². The second kappa shape index (κ2) is 6.75. The Hall–Kier alpha value is -1.46. The van der Waals surface area contributed by atoms with Gasteiger partial charge in [0.25, 0.3) is 5.69 Å². The van der Waals surface area contributed by atoms with Gasteiger partial charge in [-0.05, 0) is 50.3 Å². The summed E-state index contributed by atoms with van der Waals surface area (Å²) in [5.41, 5.74) is 1.36. The second-order valence-electron chi connectivity index (χ2n) is 6.58.